The van der Waals surface area contributed by atoms with E-state index >= 15 is 0 Å². The van der Waals surface area contributed by atoms with Gasteiger partial charge in [0.25, 0.3) is 0 Å². The summed E-state index contributed by atoms with van der Waals surface area (Å²) in [5.41, 5.74) is 4.72. The fourth-order valence-corrected chi connectivity index (χ4v) is 4.41. The number of amides is 1. The van der Waals surface area contributed by atoms with E-state index in [1.807, 2.05) is 49.4 Å². The van der Waals surface area contributed by atoms with Gasteiger partial charge in [0.15, 0.2) is 5.65 Å². The van der Waals surface area contributed by atoms with Crippen LogP contribution in [0.1, 0.15) is 5.01 Å². The maximum Gasteiger partial charge on any atom is 0.236 e. The van der Waals surface area contributed by atoms with E-state index in [2.05, 4.69) is 50.0 Å². The molecule has 10 heteroatoms. The number of hydrogen-bond donors (Lipinski definition) is 1. The van der Waals surface area contributed by atoms with Crippen molar-refractivity contribution < 1.29 is 4.79 Å². The van der Waals surface area contributed by atoms with E-state index in [4.69, 9.17) is 5.10 Å². The molecule has 158 valence electrons. The molecule has 0 atom stereocenters. The first kappa shape index (κ1) is 20.3. The number of aryl methyl sites for hydroxylation is 1. The topological polar surface area (TPSA) is 98.0 Å². The molecule has 1 amide bonds. The van der Waals surface area contributed by atoms with Gasteiger partial charge in [-0.05, 0) is 30.2 Å². The molecule has 0 aliphatic heterocycles. The second-order valence-electron chi connectivity index (χ2n) is 6.88. The molecule has 2 aromatic carbocycles. The van der Waals surface area contributed by atoms with Crippen LogP contribution in [0.3, 0.4) is 0 Å². The summed E-state index contributed by atoms with van der Waals surface area (Å²) in [7, 11) is 0. The highest BCUT2D eigenvalue weighted by molar-refractivity contribution is 7.99. The molecule has 0 unspecified atom stereocenters. The standard InChI is InChI=1S/C22H17N7OS2/c1-14-24-26-21(32-14)23-20(30)13-31-22-27-25-19-12-11-18(28-29(19)22)17-9-7-16(8-10-17)15-5-3-2-4-6-15/h2-12H,13H2,1H3,(H,23,26,30). The Bertz CT molecular complexity index is 1380. The number of fused-ring (bicyclic) bond motifs is 1. The Morgan fingerprint density at radius 2 is 1.66 bits per heavy atom. The Labute approximate surface area is 191 Å². The largest absolute Gasteiger partial charge is 0.300 e. The number of thioether (sulfide) groups is 1. The SMILES string of the molecule is Cc1nnc(NC(=O)CSc2nnc3ccc(-c4ccc(-c5ccccc5)cc4)nn23)s1. The predicted octanol–water partition coefficient (Wildman–Crippen LogP) is 4.35. The van der Waals surface area contributed by atoms with E-state index in [1.165, 1.54) is 28.7 Å². The fourth-order valence-electron chi connectivity index (χ4n) is 3.11. The molecule has 3 aromatic heterocycles. The van der Waals surface area contributed by atoms with Crippen LogP contribution in [0.15, 0.2) is 71.9 Å². The van der Waals surface area contributed by atoms with Gasteiger partial charge in [0.1, 0.15) is 5.01 Å². The highest BCUT2D eigenvalue weighted by Crippen LogP contribution is 2.25. The molecule has 8 nitrogen and oxygen atoms in total. The molecular weight excluding hydrogens is 442 g/mol. The van der Waals surface area contributed by atoms with Gasteiger partial charge in [-0.15, -0.1) is 20.4 Å². The first-order chi connectivity index (χ1) is 15.7. The lowest BCUT2D eigenvalue weighted by Gasteiger charge is -2.05. The third-order valence-corrected chi connectivity index (χ3v) is 6.30. The lowest BCUT2D eigenvalue weighted by Crippen LogP contribution is -2.14. The minimum atomic E-state index is -0.185. The summed E-state index contributed by atoms with van der Waals surface area (Å²) in [6, 6.07) is 22.3. The molecule has 5 rings (SSSR count). The second kappa shape index (κ2) is 8.85. The lowest BCUT2D eigenvalue weighted by molar-refractivity contribution is -0.113. The molecular formula is C22H17N7OS2. The number of carbonyl (C=O) groups excluding carboxylic acids is 1. The van der Waals surface area contributed by atoms with Crippen LogP contribution >= 0.6 is 23.1 Å². The molecule has 0 spiro atoms. The number of aromatic nitrogens is 6. The van der Waals surface area contributed by atoms with Crippen molar-refractivity contribution in [1.29, 1.82) is 0 Å². The van der Waals surface area contributed by atoms with E-state index in [0.29, 0.717) is 15.9 Å². The monoisotopic (exact) mass is 459 g/mol. The molecule has 3 heterocycles. The van der Waals surface area contributed by atoms with Crippen molar-refractivity contribution in [1.82, 2.24) is 30.0 Å². The van der Waals surface area contributed by atoms with Gasteiger partial charge < -0.3 is 0 Å². The van der Waals surface area contributed by atoms with Gasteiger partial charge in [-0.1, -0.05) is 77.7 Å². The first-order valence-corrected chi connectivity index (χ1v) is 11.6. The molecule has 0 aliphatic carbocycles. The van der Waals surface area contributed by atoms with Crippen LogP contribution in [0.2, 0.25) is 0 Å². The Morgan fingerprint density at radius 1 is 0.906 bits per heavy atom. The van der Waals surface area contributed by atoms with E-state index in [0.717, 1.165) is 21.8 Å². The maximum atomic E-state index is 12.2. The normalized spacial score (nSPS) is 11.0. The van der Waals surface area contributed by atoms with Crippen molar-refractivity contribution in [2.75, 3.05) is 11.1 Å². The van der Waals surface area contributed by atoms with Crippen LogP contribution in [0.5, 0.6) is 0 Å². The fraction of sp³-hybridized carbons (Fsp3) is 0.0909. The minimum absolute atomic E-state index is 0.164. The Hall–Kier alpha value is -3.63. The van der Waals surface area contributed by atoms with Crippen LogP contribution in [-0.2, 0) is 4.79 Å². The summed E-state index contributed by atoms with van der Waals surface area (Å²) in [4.78, 5) is 12.2. The van der Waals surface area contributed by atoms with Crippen LogP contribution in [0, 0.1) is 6.92 Å². The molecule has 5 aromatic rings. The molecule has 1 N–H and O–H groups in total. The van der Waals surface area contributed by atoms with Gasteiger partial charge in [-0.25, -0.2) is 0 Å². The van der Waals surface area contributed by atoms with Crippen LogP contribution in [0.4, 0.5) is 5.13 Å². The average Bonchev–Trinajstić information content (AvgIpc) is 3.43. The smallest absolute Gasteiger partial charge is 0.236 e. The third-order valence-electron chi connectivity index (χ3n) is 4.63. The Morgan fingerprint density at radius 3 is 2.41 bits per heavy atom. The molecule has 32 heavy (non-hydrogen) atoms. The lowest BCUT2D eigenvalue weighted by atomic mass is 10.0. The molecule has 0 saturated heterocycles. The molecule has 0 saturated carbocycles. The van der Waals surface area contributed by atoms with Crippen molar-refractivity contribution in [3.63, 3.8) is 0 Å². The van der Waals surface area contributed by atoms with E-state index in [-0.39, 0.29) is 11.7 Å². The van der Waals surface area contributed by atoms with Crippen molar-refractivity contribution in [2.24, 2.45) is 0 Å². The van der Waals surface area contributed by atoms with Crippen molar-refractivity contribution in [2.45, 2.75) is 12.1 Å². The number of nitrogens with zero attached hydrogens (tertiary/aromatic N) is 6. The molecule has 0 fully saturated rings. The highest BCUT2D eigenvalue weighted by Gasteiger charge is 2.13. The van der Waals surface area contributed by atoms with Crippen molar-refractivity contribution >= 4 is 39.8 Å². The summed E-state index contributed by atoms with van der Waals surface area (Å²) in [5, 5.41) is 25.4. The predicted molar refractivity (Wildman–Crippen MR) is 126 cm³/mol. The number of anilines is 1. The van der Waals surface area contributed by atoms with Gasteiger partial charge in [-0.2, -0.15) is 9.61 Å². The average molecular weight is 460 g/mol. The highest BCUT2D eigenvalue weighted by atomic mass is 32.2. The zero-order valence-electron chi connectivity index (χ0n) is 17.0. The van der Waals surface area contributed by atoms with Crippen LogP contribution < -0.4 is 5.32 Å². The number of carbonyl (C=O) groups is 1. The Balaban J connectivity index is 1.33. The van der Waals surface area contributed by atoms with Crippen molar-refractivity contribution in [3.8, 4) is 22.4 Å². The van der Waals surface area contributed by atoms with Crippen molar-refractivity contribution in [3.05, 3.63) is 71.7 Å². The maximum absolute atomic E-state index is 12.2. The number of rotatable bonds is 6. The van der Waals surface area contributed by atoms with E-state index in [9.17, 15) is 4.79 Å². The Kier molecular flexibility index (Phi) is 5.61. The van der Waals surface area contributed by atoms with Gasteiger partial charge in [0.05, 0.1) is 11.4 Å². The van der Waals surface area contributed by atoms with E-state index < -0.39 is 0 Å². The summed E-state index contributed by atoms with van der Waals surface area (Å²) >= 11 is 2.60. The summed E-state index contributed by atoms with van der Waals surface area (Å²) in [6.07, 6.45) is 0. The second-order valence-corrected chi connectivity index (χ2v) is 9.00. The number of benzene rings is 2. The summed E-state index contributed by atoms with van der Waals surface area (Å²) in [5.74, 6) is -0.0209. The molecule has 0 bridgehead atoms. The summed E-state index contributed by atoms with van der Waals surface area (Å²) < 4.78 is 1.66. The van der Waals surface area contributed by atoms with Crippen LogP contribution in [-0.4, -0.2) is 41.7 Å². The number of nitrogens with one attached hydrogen (secondary N) is 1. The summed E-state index contributed by atoms with van der Waals surface area (Å²) in [6.45, 7) is 1.84. The first-order valence-electron chi connectivity index (χ1n) is 9.77. The molecule has 0 aliphatic rings. The number of hydrogen-bond acceptors (Lipinski definition) is 8. The zero-order valence-corrected chi connectivity index (χ0v) is 18.6. The minimum Gasteiger partial charge on any atom is -0.300 e. The van der Waals surface area contributed by atoms with Gasteiger partial charge in [0.2, 0.25) is 16.2 Å². The zero-order chi connectivity index (χ0) is 21.9. The van der Waals surface area contributed by atoms with E-state index in [1.54, 1.807) is 4.52 Å². The quantitative estimate of drug-likeness (QED) is 0.377. The van der Waals surface area contributed by atoms with Gasteiger partial charge in [0, 0.05) is 5.56 Å². The van der Waals surface area contributed by atoms with Gasteiger partial charge >= 0.3 is 0 Å². The third kappa shape index (κ3) is 4.36. The van der Waals surface area contributed by atoms with Gasteiger partial charge in [-0.3, -0.25) is 10.1 Å². The molecule has 0 radical (unpaired) electrons. The van der Waals surface area contributed by atoms with Crippen LogP contribution in [0.25, 0.3) is 28.0 Å².